The molecule has 0 aromatic heterocycles. The Kier molecular flexibility index (Phi) is 4.91. The van der Waals surface area contributed by atoms with Gasteiger partial charge in [-0.3, -0.25) is 0 Å². The summed E-state index contributed by atoms with van der Waals surface area (Å²) in [5, 5.41) is 3.05. The second kappa shape index (κ2) is 6.34. The minimum Gasteiger partial charge on any atom is -0.388 e. The molecular formula is C15H25N3O2S. The number of sulfonamides is 1. The van der Waals surface area contributed by atoms with E-state index in [-0.39, 0.29) is 0 Å². The van der Waals surface area contributed by atoms with Crippen LogP contribution in [0.2, 0.25) is 0 Å². The quantitative estimate of drug-likeness (QED) is 0.866. The first-order valence-electron chi connectivity index (χ1n) is 7.30. The molecule has 0 amide bonds. The lowest BCUT2D eigenvalue weighted by molar-refractivity contribution is 0.394. The van der Waals surface area contributed by atoms with Crippen molar-refractivity contribution in [1.29, 1.82) is 0 Å². The Morgan fingerprint density at radius 1 is 1.29 bits per heavy atom. The van der Waals surface area contributed by atoms with Crippen molar-refractivity contribution in [1.82, 2.24) is 9.62 Å². The second-order valence-corrected chi connectivity index (χ2v) is 7.66. The van der Waals surface area contributed by atoms with Gasteiger partial charge in [0.05, 0.1) is 4.90 Å². The summed E-state index contributed by atoms with van der Waals surface area (Å²) >= 11 is 0. The van der Waals surface area contributed by atoms with E-state index in [9.17, 15) is 8.42 Å². The van der Waals surface area contributed by atoms with Crippen LogP contribution >= 0.6 is 0 Å². The van der Waals surface area contributed by atoms with Gasteiger partial charge in [-0.1, -0.05) is 0 Å². The first-order chi connectivity index (χ1) is 9.83. The molecule has 1 aliphatic heterocycles. The van der Waals surface area contributed by atoms with E-state index in [4.69, 9.17) is 0 Å². The second-order valence-electron chi connectivity index (χ2n) is 5.96. The molecule has 1 atom stereocenters. The summed E-state index contributed by atoms with van der Waals surface area (Å²) in [6, 6.07) is 3.73. The Labute approximate surface area is 127 Å². The van der Waals surface area contributed by atoms with Crippen molar-refractivity contribution in [3.8, 4) is 0 Å². The molecule has 2 rings (SSSR count). The largest absolute Gasteiger partial charge is 0.388 e. The van der Waals surface area contributed by atoms with E-state index in [1.54, 1.807) is 0 Å². The third-order valence-electron chi connectivity index (χ3n) is 4.07. The number of nitrogens with zero attached hydrogens (tertiary/aromatic N) is 1. The van der Waals surface area contributed by atoms with Crippen molar-refractivity contribution >= 4 is 15.7 Å². The van der Waals surface area contributed by atoms with Gasteiger partial charge in [-0.05, 0) is 63.0 Å². The molecule has 118 valence electrons. The molecule has 1 heterocycles. The highest BCUT2D eigenvalue weighted by atomic mass is 32.2. The first kappa shape index (κ1) is 16.3. The Balaban J connectivity index is 2.16. The predicted molar refractivity (Wildman–Crippen MR) is 86.3 cm³/mol. The Hall–Kier alpha value is -1.11. The minimum absolute atomic E-state index is 0.405. The topological polar surface area (TPSA) is 61.4 Å². The zero-order chi connectivity index (χ0) is 15.6. The summed E-state index contributed by atoms with van der Waals surface area (Å²) in [5.41, 5.74) is 2.48. The highest BCUT2D eigenvalue weighted by molar-refractivity contribution is 7.89. The Morgan fingerprint density at radius 3 is 2.38 bits per heavy atom. The number of hydrogen-bond donors (Lipinski definition) is 2. The summed E-state index contributed by atoms with van der Waals surface area (Å²) < 4.78 is 27.9. The molecule has 0 bridgehead atoms. The number of likely N-dealkylation sites (tertiary alicyclic amines) is 1. The lowest BCUT2D eigenvalue weighted by Crippen LogP contribution is -2.31. The third-order valence-corrected chi connectivity index (χ3v) is 5.80. The average Bonchev–Trinajstić information content (AvgIpc) is 2.81. The molecule has 6 heteroatoms. The highest BCUT2D eigenvalue weighted by Crippen LogP contribution is 2.24. The van der Waals surface area contributed by atoms with Crippen molar-refractivity contribution in [3.63, 3.8) is 0 Å². The summed E-state index contributed by atoms with van der Waals surface area (Å²) in [5.74, 6) is 0.405. The van der Waals surface area contributed by atoms with Crippen LogP contribution in [0.5, 0.6) is 0 Å². The van der Waals surface area contributed by atoms with Gasteiger partial charge in [-0.25, -0.2) is 13.1 Å². The van der Waals surface area contributed by atoms with Gasteiger partial charge in [0.2, 0.25) is 10.0 Å². The summed E-state index contributed by atoms with van der Waals surface area (Å²) in [6.45, 7) is 6.19. The van der Waals surface area contributed by atoms with Crippen LogP contribution in [0, 0.1) is 19.8 Å². The minimum atomic E-state index is -3.45. The van der Waals surface area contributed by atoms with Crippen LogP contribution in [0.15, 0.2) is 17.0 Å². The van der Waals surface area contributed by atoms with Gasteiger partial charge in [0.15, 0.2) is 0 Å². The number of benzene rings is 1. The number of hydrogen-bond acceptors (Lipinski definition) is 4. The summed E-state index contributed by atoms with van der Waals surface area (Å²) in [6.07, 6.45) is 1.05. The first-order valence-corrected chi connectivity index (χ1v) is 8.79. The fourth-order valence-electron chi connectivity index (χ4n) is 3.01. The van der Waals surface area contributed by atoms with Crippen molar-refractivity contribution in [3.05, 3.63) is 23.3 Å². The van der Waals surface area contributed by atoms with E-state index < -0.39 is 10.0 Å². The SMILES string of the molecule is CNc1cc(C)c(S(=O)(=O)NCC2CCN(C)C2)c(C)c1. The van der Waals surface area contributed by atoms with Crippen LogP contribution in [0.1, 0.15) is 17.5 Å². The van der Waals surface area contributed by atoms with Gasteiger partial charge in [0.1, 0.15) is 0 Å². The molecule has 1 saturated heterocycles. The molecule has 5 nitrogen and oxygen atoms in total. The monoisotopic (exact) mass is 311 g/mol. The van der Waals surface area contributed by atoms with E-state index >= 15 is 0 Å². The summed E-state index contributed by atoms with van der Waals surface area (Å²) in [4.78, 5) is 2.64. The van der Waals surface area contributed by atoms with Crippen molar-refractivity contribution in [2.75, 3.05) is 39.0 Å². The molecule has 1 aliphatic rings. The highest BCUT2D eigenvalue weighted by Gasteiger charge is 2.24. The van der Waals surface area contributed by atoms with Crippen molar-refractivity contribution in [2.45, 2.75) is 25.2 Å². The van der Waals surface area contributed by atoms with Gasteiger partial charge in [0.25, 0.3) is 0 Å². The zero-order valence-corrected chi connectivity index (χ0v) is 14.0. The van der Waals surface area contributed by atoms with E-state index in [1.165, 1.54) is 0 Å². The molecule has 1 fully saturated rings. The maximum atomic E-state index is 12.6. The number of rotatable bonds is 5. The Morgan fingerprint density at radius 2 is 1.90 bits per heavy atom. The maximum absolute atomic E-state index is 12.6. The van der Waals surface area contributed by atoms with Crippen molar-refractivity contribution in [2.24, 2.45) is 5.92 Å². The molecule has 0 spiro atoms. The molecule has 2 N–H and O–H groups in total. The fraction of sp³-hybridized carbons (Fsp3) is 0.600. The standard InChI is InChI=1S/C15H25N3O2S/c1-11-7-14(16-3)8-12(2)15(11)21(19,20)17-9-13-5-6-18(4)10-13/h7-8,13,16-17H,5-6,9-10H2,1-4H3. The number of aryl methyl sites for hydroxylation is 2. The average molecular weight is 311 g/mol. The van der Waals surface area contributed by atoms with Crippen LogP contribution in [-0.4, -0.2) is 47.0 Å². The molecule has 1 unspecified atom stereocenters. The smallest absolute Gasteiger partial charge is 0.241 e. The fourth-order valence-corrected chi connectivity index (χ4v) is 4.58. The summed E-state index contributed by atoms with van der Waals surface area (Å²) in [7, 11) is 0.451. The van der Waals surface area contributed by atoms with Crippen LogP contribution < -0.4 is 10.0 Å². The number of anilines is 1. The lowest BCUT2D eigenvalue weighted by Gasteiger charge is -2.16. The van der Waals surface area contributed by atoms with Crippen molar-refractivity contribution < 1.29 is 8.42 Å². The van der Waals surface area contributed by atoms with E-state index in [0.717, 1.165) is 36.3 Å². The van der Waals surface area contributed by atoms with Gasteiger partial charge < -0.3 is 10.2 Å². The lowest BCUT2D eigenvalue weighted by atomic mass is 10.1. The molecule has 0 radical (unpaired) electrons. The van der Waals surface area contributed by atoms with Gasteiger partial charge in [-0.2, -0.15) is 0 Å². The van der Waals surface area contributed by atoms with E-state index in [1.807, 2.05) is 33.0 Å². The molecule has 0 saturated carbocycles. The molecule has 1 aromatic rings. The van der Waals surface area contributed by atoms with Crippen LogP contribution in [-0.2, 0) is 10.0 Å². The van der Waals surface area contributed by atoms with Crippen LogP contribution in [0.3, 0.4) is 0 Å². The predicted octanol–water partition coefficient (Wildman–Crippen LogP) is 1.58. The van der Waals surface area contributed by atoms with Crippen LogP contribution in [0.25, 0.3) is 0 Å². The normalized spacial score (nSPS) is 19.9. The number of nitrogens with one attached hydrogen (secondary N) is 2. The maximum Gasteiger partial charge on any atom is 0.241 e. The molecule has 21 heavy (non-hydrogen) atoms. The molecule has 0 aliphatic carbocycles. The van der Waals surface area contributed by atoms with Crippen LogP contribution in [0.4, 0.5) is 5.69 Å². The van der Waals surface area contributed by atoms with Gasteiger partial charge in [-0.15, -0.1) is 0 Å². The van der Waals surface area contributed by atoms with Gasteiger partial charge >= 0.3 is 0 Å². The van der Waals surface area contributed by atoms with E-state index in [2.05, 4.69) is 22.0 Å². The van der Waals surface area contributed by atoms with E-state index in [0.29, 0.717) is 17.4 Å². The zero-order valence-electron chi connectivity index (χ0n) is 13.2. The molecular weight excluding hydrogens is 286 g/mol. The van der Waals surface area contributed by atoms with Gasteiger partial charge in [0, 0.05) is 25.8 Å². The Bertz CT molecular complexity index is 590. The molecule has 1 aromatic carbocycles. The third kappa shape index (κ3) is 3.75.